The first-order chi connectivity index (χ1) is 13.8. The number of nitrogens with zero attached hydrogens (tertiary/aromatic N) is 4. The van der Waals surface area contributed by atoms with Crippen molar-refractivity contribution in [3.05, 3.63) is 30.3 Å². The van der Waals surface area contributed by atoms with E-state index < -0.39 is 0 Å². The fraction of sp³-hybridized carbons (Fsp3) is 0.619. The minimum Gasteiger partial charge on any atom is -0.493 e. The Morgan fingerprint density at radius 1 is 1.14 bits per heavy atom. The van der Waals surface area contributed by atoms with Crippen LogP contribution in [0.3, 0.4) is 0 Å². The lowest BCUT2D eigenvalue weighted by atomic mass is 10.00. The molecule has 1 unspecified atom stereocenters. The van der Waals surface area contributed by atoms with E-state index in [1.165, 1.54) is 12.8 Å². The number of anilines is 1. The average Bonchev–Trinajstić information content (AvgIpc) is 3.38. The molecule has 0 bridgehead atoms. The van der Waals surface area contributed by atoms with Crippen molar-refractivity contribution < 1.29 is 9.47 Å². The van der Waals surface area contributed by atoms with Crippen molar-refractivity contribution in [2.24, 2.45) is 5.92 Å². The molecule has 3 heterocycles. The van der Waals surface area contributed by atoms with Crippen molar-refractivity contribution in [2.75, 3.05) is 37.0 Å². The van der Waals surface area contributed by atoms with Crippen LogP contribution < -0.4 is 9.64 Å². The van der Waals surface area contributed by atoms with Crippen LogP contribution in [-0.4, -0.2) is 52.9 Å². The number of piperidine rings is 1. The molecule has 0 aliphatic carbocycles. The van der Waals surface area contributed by atoms with Gasteiger partial charge in [0.1, 0.15) is 5.75 Å². The van der Waals surface area contributed by atoms with E-state index in [-0.39, 0.29) is 6.10 Å². The van der Waals surface area contributed by atoms with Gasteiger partial charge < -0.3 is 14.4 Å². The van der Waals surface area contributed by atoms with Crippen LogP contribution >= 0.6 is 11.8 Å². The molecule has 2 aliphatic rings. The van der Waals surface area contributed by atoms with Gasteiger partial charge in [-0.25, -0.2) is 0 Å². The second kappa shape index (κ2) is 9.65. The smallest absolute Gasteiger partial charge is 0.228 e. The molecule has 1 aromatic carbocycles. The van der Waals surface area contributed by atoms with Crippen molar-refractivity contribution in [1.29, 1.82) is 0 Å². The highest BCUT2D eigenvalue weighted by Crippen LogP contribution is 2.28. The SMILES string of the molecule is CC1CCN(c2nnc(SCCOc3ccccc3)n2CC2CCCO2)CC1. The summed E-state index contributed by atoms with van der Waals surface area (Å²) < 4.78 is 14.0. The summed E-state index contributed by atoms with van der Waals surface area (Å²) in [5.74, 6) is 3.56. The minimum atomic E-state index is 0.276. The Morgan fingerprint density at radius 2 is 1.96 bits per heavy atom. The monoisotopic (exact) mass is 402 g/mol. The Labute approximate surface area is 171 Å². The molecular formula is C21H30N4O2S. The topological polar surface area (TPSA) is 52.4 Å². The molecule has 1 atom stereocenters. The summed E-state index contributed by atoms with van der Waals surface area (Å²) in [4.78, 5) is 2.40. The van der Waals surface area contributed by atoms with Crippen molar-refractivity contribution in [3.8, 4) is 5.75 Å². The summed E-state index contributed by atoms with van der Waals surface area (Å²) in [6, 6.07) is 9.96. The maximum absolute atomic E-state index is 5.90. The highest BCUT2D eigenvalue weighted by Gasteiger charge is 2.25. The molecule has 2 fully saturated rings. The summed E-state index contributed by atoms with van der Waals surface area (Å²) in [5.41, 5.74) is 0. The van der Waals surface area contributed by atoms with Crippen molar-refractivity contribution in [3.63, 3.8) is 0 Å². The largest absolute Gasteiger partial charge is 0.493 e. The first-order valence-electron chi connectivity index (χ1n) is 10.4. The van der Waals surface area contributed by atoms with Gasteiger partial charge in [-0.2, -0.15) is 0 Å². The first kappa shape index (κ1) is 19.6. The Balaban J connectivity index is 1.40. The maximum Gasteiger partial charge on any atom is 0.228 e. The average molecular weight is 403 g/mol. The van der Waals surface area contributed by atoms with E-state index in [1.807, 2.05) is 30.3 Å². The zero-order chi connectivity index (χ0) is 19.2. The zero-order valence-electron chi connectivity index (χ0n) is 16.6. The molecule has 2 aromatic rings. The Morgan fingerprint density at radius 3 is 2.71 bits per heavy atom. The summed E-state index contributed by atoms with van der Waals surface area (Å²) in [5, 5.41) is 10.1. The molecule has 0 spiro atoms. The van der Waals surface area contributed by atoms with Crippen LogP contribution in [0, 0.1) is 5.92 Å². The van der Waals surface area contributed by atoms with Gasteiger partial charge in [-0.3, -0.25) is 4.57 Å². The van der Waals surface area contributed by atoms with Gasteiger partial charge in [-0.15, -0.1) is 10.2 Å². The van der Waals surface area contributed by atoms with Gasteiger partial charge in [0.15, 0.2) is 5.16 Å². The molecule has 6 nitrogen and oxygen atoms in total. The van der Waals surface area contributed by atoms with E-state index >= 15 is 0 Å². The molecule has 0 amide bonds. The summed E-state index contributed by atoms with van der Waals surface area (Å²) in [6.07, 6.45) is 4.99. The fourth-order valence-electron chi connectivity index (χ4n) is 3.79. The Bertz CT molecular complexity index is 725. The van der Waals surface area contributed by atoms with E-state index in [0.29, 0.717) is 6.61 Å². The lowest BCUT2D eigenvalue weighted by Gasteiger charge is -2.31. The fourth-order valence-corrected chi connectivity index (χ4v) is 4.55. The molecule has 0 N–H and O–H groups in total. The van der Waals surface area contributed by atoms with Gasteiger partial charge in [0.2, 0.25) is 5.95 Å². The second-order valence-corrected chi connectivity index (χ2v) is 8.77. The molecule has 0 saturated carbocycles. The van der Waals surface area contributed by atoms with Gasteiger partial charge in [-0.05, 0) is 43.7 Å². The van der Waals surface area contributed by atoms with Gasteiger partial charge in [0.05, 0.1) is 19.3 Å². The minimum absolute atomic E-state index is 0.276. The predicted octanol–water partition coefficient (Wildman–Crippen LogP) is 3.86. The number of hydrogen-bond donors (Lipinski definition) is 0. The summed E-state index contributed by atoms with van der Waals surface area (Å²) in [6.45, 7) is 6.83. The molecule has 2 saturated heterocycles. The third-order valence-corrected chi connectivity index (χ3v) is 6.43. The van der Waals surface area contributed by atoms with E-state index in [4.69, 9.17) is 9.47 Å². The van der Waals surface area contributed by atoms with Gasteiger partial charge in [-0.1, -0.05) is 36.9 Å². The molecule has 1 aromatic heterocycles. The van der Waals surface area contributed by atoms with E-state index in [2.05, 4.69) is 26.6 Å². The lowest BCUT2D eigenvalue weighted by molar-refractivity contribution is 0.0951. The second-order valence-electron chi connectivity index (χ2n) is 7.71. The number of rotatable bonds is 8. The van der Waals surface area contributed by atoms with Crippen LogP contribution in [0.25, 0.3) is 0 Å². The van der Waals surface area contributed by atoms with Crippen LogP contribution in [0.1, 0.15) is 32.6 Å². The summed E-state index contributed by atoms with van der Waals surface area (Å²) >= 11 is 1.72. The van der Waals surface area contributed by atoms with E-state index in [9.17, 15) is 0 Å². The van der Waals surface area contributed by atoms with Crippen molar-refractivity contribution >= 4 is 17.7 Å². The lowest BCUT2D eigenvalue weighted by Crippen LogP contribution is -2.35. The third-order valence-electron chi connectivity index (χ3n) is 5.50. The van der Waals surface area contributed by atoms with Gasteiger partial charge in [0, 0.05) is 25.4 Å². The van der Waals surface area contributed by atoms with Crippen LogP contribution in [0.4, 0.5) is 5.95 Å². The van der Waals surface area contributed by atoms with Crippen molar-refractivity contribution in [1.82, 2.24) is 14.8 Å². The van der Waals surface area contributed by atoms with Crippen LogP contribution in [0.5, 0.6) is 5.75 Å². The normalized spacial score (nSPS) is 20.6. The molecule has 7 heteroatoms. The number of benzene rings is 1. The van der Waals surface area contributed by atoms with Crippen LogP contribution in [0.15, 0.2) is 35.5 Å². The van der Waals surface area contributed by atoms with Gasteiger partial charge in [0.25, 0.3) is 0 Å². The third kappa shape index (κ3) is 5.00. The number of thioether (sulfide) groups is 1. The summed E-state index contributed by atoms with van der Waals surface area (Å²) in [7, 11) is 0. The number of aromatic nitrogens is 3. The molecule has 0 radical (unpaired) electrons. The molecular weight excluding hydrogens is 372 g/mol. The van der Waals surface area contributed by atoms with Crippen LogP contribution in [-0.2, 0) is 11.3 Å². The Hall–Kier alpha value is -1.73. The Kier molecular flexibility index (Phi) is 6.75. The van der Waals surface area contributed by atoms with E-state index in [1.54, 1.807) is 11.8 Å². The predicted molar refractivity (Wildman–Crippen MR) is 112 cm³/mol. The molecule has 152 valence electrons. The van der Waals surface area contributed by atoms with E-state index in [0.717, 1.165) is 67.6 Å². The highest BCUT2D eigenvalue weighted by atomic mass is 32.2. The zero-order valence-corrected chi connectivity index (χ0v) is 17.4. The first-order valence-corrected chi connectivity index (χ1v) is 11.4. The standard InChI is InChI=1S/C21H30N4O2S/c1-17-9-11-24(12-10-17)20-22-23-21(25(20)16-19-8-5-13-26-19)28-15-14-27-18-6-3-2-4-7-18/h2-4,6-7,17,19H,5,8-16H2,1H3. The maximum atomic E-state index is 5.90. The number of para-hydroxylation sites is 1. The van der Waals surface area contributed by atoms with Crippen molar-refractivity contribution in [2.45, 2.75) is 50.4 Å². The van der Waals surface area contributed by atoms with Gasteiger partial charge >= 0.3 is 0 Å². The molecule has 28 heavy (non-hydrogen) atoms. The highest BCUT2D eigenvalue weighted by molar-refractivity contribution is 7.99. The number of ether oxygens (including phenoxy) is 2. The molecule has 2 aliphatic heterocycles. The quantitative estimate of drug-likeness (QED) is 0.494. The van der Waals surface area contributed by atoms with Crippen LogP contribution in [0.2, 0.25) is 0 Å². The number of hydrogen-bond acceptors (Lipinski definition) is 6. The molecule has 4 rings (SSSR count).